The summed E-state index contributed by atoms with van der Waals surface area (Å²) in [6.07, 6.45) is 10.4. The molecule has 0 spiro atoms. The van der Waals surface area contributed by atoms with Crippen LogP contribution in [0.2, 0.25) is 0 Å². The van der Waals surface area contributed by atoms with Gasteiger partial charge in [0.05, 0.1) is 0 Å². The van der Waals surface area contributed by atoms with E-state index in [1.54, 1.807) is 36.5 Å². The summed E-state index contributed by atoms with van der Waals surface area (Å²) >= 11 is 0. The Kier molecular flexibility index (Phi) is 6.66. The Morgan fingerprint density at radius 2 is 0.809 bits per heavy atom. The van der Waals surface area contributed by atoms with Crippen molar-refractivity contribution in [3.63, 3.8) is 0 Å². The summed E-state index contributed by atoms with van der Waals surface area (Å²) in [4.78, 5) is 0. The third-order valence-corrected chi connectivity index (χ3v) is 10.5. The highest BCUT2D eigenvalue weighted by Gasteiger charge is 2.43. The second kappa shape index (κ2) is 10.6. The second-order valence-corrected chi connectivity index (χ2v) is 13.4. The average Bonchev–Trinajstić information content (AvgIpc) is 3.11. The van der Waals surface area contributed by atoms with E-state index >= 15 is 0 Å². The monoisotopic (exact) mass is 616 g/mol. The van der Waals surface area contributed by atoms with Crippen LogP contribution < -0.4 is 0 Å². The highest BCUT2D eigenvalue weighted by Crippen LogP contribution is 2.45. The summed E-state index contributed by atoms with van der Waals surface area (Å²) in [5.74, 6) is -0.244. The van der Waals surface area contributed by atoms with E-state index in [2.05, 4.69) is 18.2 Å². The van der Waals surface area contributed by atoms with Crippen LogP contribution >= 0.6 is 0 Å². The molecular formula is C43H36O4. The summed E-state index contributed by atoms with van der Waals surface area (Å²) < 4.78 is 0. The molecule has 5 aromatic carbocycles. The Bertz CT molecular complexity index is 2040. The van der Waals surface area contributed by atoms with Gasteiger partial charge in [-0.05, 0) is 110 Å². The highest BCUT2D eigenvalue weighted by atomic mass is 16.3. The normalized spacial score (nSPS) is 28.7. The van der Waals surface area contributed by atoms with Gasteiger partial charge >= 0.3 is 0 Å². The van der Waals surface area contributed by atoms with Gasteiger partial charge in [0.2, 0.25) is 0 Å². The Hall–Kier alpha value is -4.84. The predicted octanol–water partition coefficient (Wildman–Crippen LogP) is 7.87. The minimum absolute atomic E-state index is 0.244. The van der Waals surface area contributed by atoms with Gasteiger partial charge in [-0.15, -0.1) is 0 Å². The molecule has 0 aliphatic heterocycles. The molecule has 1 unspecified atom stereocenters. The maximum absolute atomic E-state index is 11.9. The maximum Gasteiger partial charge on any atom is 0.127 e. The van der Waals surface area contributed by atoms with Gasteiger partial charge in [-0.25, -0.2) is 0 Å². The Morgan fingerprint density at radius 1 is 0.426 bits per heavy atom. The van der Waals surface area contributed by atoms with Crippen molar-refractivity contribution < 1.29 is 20.4 Å². The fraction of sp³-hybridized carbons (Fsp3) is 0.163. The molecule has 0 fully saturated rings. The van der Waals surface area contributed by atoms with Crippen LogP contribution in [-0.2, 0) is 22.4 Å². The van der Waals surface area contributed by atoms with Crippen LogP contribution in [0.4, 0.5) is 0 Å². The lowest BCUT2D eigenvalue weighted by Gasteiger charge is -2.41. The molecule has 232 valence electrons. The average molecular weight is 617 g/mol. The molecule has 4 nitrogen and oxygen atoms in total. The Labute approximate surface area is 274 Å². The molecule has 3 atom stereocenters. The quantitative estimate of drug-likeness (QED) is 0.134. The van der Waals surface area contributed by atoms with Gasteiger partial charge in [0.1, 0.15) is 22.4 Å². The first-order chi connectivity index (χ1) is 22.6. The molecule has 5 aromatic rings. The van der Waals surface area contributed by atoms with Crippen molar-refractivity contribution in [2.24, 2.45) is 5.92 Å². The molecule has 13 aliphatic rings. The number of hydrogen-bond acceptors (Lipinski definition) is 4. The SMILES string of the molecule is CC1C[C@]2(O)C=C[C@@]1(O)c1ccc(cc1)-c1cccc(c1)-c1ccc(cc1)[C@]1(O)C=C[C@@](O)(C=C1)c1ccc(cc1)-c1ccc2cc1. The zero-order valence-electron chi connectivity index (χ0n) is 26.1. The third kappa shape index (κ3) is 4.93. The van der Waals surface area contributed by atoms with E-state index in [4.69, 9.17) is 0 Å². The lowest BCUT2D eigenvalue weighted by molar-refractivity contribution is -0.0359. The van der Waals surface area contributed by atoms with Crippen LogP contribution in [-0.4, -0.2) is 20.4 Å². The molecule has 4 heteroatoms. The van der Waals surface area contributed by atoms with Crippen molar-refractivity contribution in [1.29, 1.82) is 0 Å². The van der Waals surface area contributed by atoms with Crippen LogP contribution in [0.1, 0.15) is 35.6 Å². The number of benzene rings is 5. The minimum Gasteiger partial charge on any atom is -0.381 e. The fourth-order valence-electron chi connectivity index (χ4n) is 7.34. The molecule has 14 bridgehead atoms. The van der Waals surface area contributed by atoms with E-state index in [0.717, 1.165) is 44.5 Å². The first-order valence-corrected chi connectivity index (χ1v) is 16.1. The summed E-state index contributed by atoms with van der Waals surface area (Å²) in [6.45, 7) is 1.98. The van der Waals surface area contributed by atoms with Gasteiger partial charge in [-0.1, -0.05) is 122 Å². The molecule has 0 saturated carbocycles. The molecule has 0 amide bonds. The van der Waals surface area contributed by atoms with Gasteiger partial charge in [0.25, 0.3) is 0 Å². The Balaban J connectivity index is 1.23. The summed E-state index contributed by atoms with van der Waals surface area (Å²) in [6, 6.07) is 39.7. The van der Waals surface area contributed by atoms with E-state index in [1.807, 2.05) is 110 Å². The molecule has 13 aliphatic carbocycles. The summed E-state index contributed by atoms with van der Waals surface area (Å²) in [7, 11) is 0. The number of hydrogen-bond donors (Lipinski definition) is 4. The third-order valence-electron chi connectivity index (χ3n) is 10.5. The minimum atomic E-state index is -1.36. The largest absolute Gasteiger partial charge is 0.381 e. The standard InChI is InChI=1S/C43H36O4/c1-29-28-42(46)25-26-43(29,47)39-19-11-33(12-20-39)35-4-2-3-34(27-35)32-9-15-37(16-10-32)41(45)23-21-40(44,22-24-41)36-13-5-30(6-14-36)31-7-17-38(42)18-8-31/h2-27,29,44-47H,28H2,1H3/t29?,40-,41+,42-,43+/m1/s1. The predicted molar refractivity (Wildman–Crippen MR) is 186 cm³/mol. The zero-order valence-corrected chi connectivity index (χ0v) is 26.1. The van der Waals surface area contributed by atoms with Gasteiger partial charge in [-0.3, -0.25) is 0 Å². The lowest BCUT2D eigenvalue weighted by Crippen LogP contribution is -2.41. The molecule has 4 N–H and O–H groups in total. The van der Waals surface area contributed by atoms with Gasteiger partial charge in [-0.2, -0.15) is 0 Å². The van der Waals surface area contributed by atoms with E-state index in [0.29, 0.717) is 17.5 Å². The smallest absolute Gasteiger partial charge is 0.127 e. The fourth-order valence-corrected chi connectivity index (χ4v) is 7.34. The van der Waals surface area contributed by atoms with E-state index in [1.165, 1.54) is 0 Å². The topological polar surface area (TPSA) is 80.9 Å². The molecule has 0 radical (unpaired) electrons. The molecule has 0 saturated heterocycles. The highest BCUT2D eigenvalue weighted by molar-refractivity contribution is 5.73. The molecule has 18 rings (SSSR count). The Morgan fingerprint density at radius 3 is 1.23 bits per heavy atom. The van der Waals surface area contributed by atoms with Crippen LogP contribution in [0, 0.1) is 5.92 Å². The van der Waals surface area contributed by atoms with Gasteiger partial charge in [0, 0.05) is 0 Å². The van der Waals surface area contributed by atoms with Crippen LogP contribution in [0.15, 0.2) is 158 Å². The van der Waals surface area contributed by atoms with Crippen LogP contribution in [0.5, 0.6) is 0 Å². The summed E-state index contributed by atoms with van der Waals surface area (Å²) in [5.41, 5.74) is 3.94. The first kappa shape index (κ1) is 29.6. The van der Waals surface area contributed by atoms with E-state index in [-0.39, 0.29) is 5.92 Å². The van der Waals surface area contributed by atoms with Crippen molar-refractivity contribution in [1.82, 2.24) is 0 Å². The zero-order chi connectivity index (χ0) is 32.4. The lowest BCUT2D eigenvalue weighted by atomic mass is 9.69. The molecule has 0 heterocycles. The molecular weight excluding hydrogens is 580 g/mol. The first-order valence-electron chi connectivity index (χ1n) is 16.1. The van der Waals surface area contributed by atoms with Crippen molar-refractivity contribution in [2.45, 2.75) is 35.7 Å². The number of rotatable bonds is 0. The van der Waals surface area contributed by atoms with Crippen molar-refractivity contribution >= 4 is 0 Å². The van der Waals surface area contributed by atoms with Crippen molar-refractivity contribution in [3.8, 4) is 33.4 Å². The van der Waals surface area contributed by atoms with Crippen LogP contribution in [0.25, 0.3) is 33.4 Å². The molecule has 0 aromatic heterocycles. The summed E-state index contributed by atoms with van der Waals surface area (Å²) in [5, 5.41) is 46.6. The van der Waals surface area contributed by atoms with Crippen molar-refractivity contribution in [2.75, 3.05) is 0 Å². The van der Waals surface area contributed by atoms with Crippen LogP contribution in [0.3, 0.4) is 0 Å². The van der Waals surface area contributed by atoms with E-state index in [9.17, 15) is 20.4 Å². The van der Waals surface area contributed by atoms with Gasteiger partial charge in [0.15, 0.2) is 0 Å². The van der Waals surface area contributed by atoms with E-state index < -0.39 is 22.4 Å². The van der Waals surface area contributed by atoms with Gasteiger partial charge < -0.3 is 20.4 Å². The molecule has 47 heavy (non-hydrogen) atoms. The second-order valence-electron chi connectivity index (χ2n) is 13.4. The maximum atomic E-state index is 11.9. The number of aliphatic hydroxyl groups is 4. The van der Waals surface area contributed by atoms with Crippen molar-refractivity contribution in [3.05, 3.63) is 180 Å².